The summed E-state index contributed by atoms with van der Waals surface area (Å²) in [7, 11) is -5.50. The highest BCUT2D eigenvalue weighted by Crippen LogP contribution is 2.33. The topological polar surface area (TPSA) is 63.6 Å². The molecular formula is C15H10F4I2O4S. The lowest BCUT2D eigenvalue weighted by Gasteiger charge is -2.12. The summed E-state index contributed by atoms with van der Waals surface area (Å²) in [5.41, 5.74) is 1.50. The number of benzene rings is 2. The highest BCUT2D eigenvalue weighted by molar-refractivity contribution is 14.1. The van der Waals surface area contributed by atoms with Crippen molar-refractivity contribution < 1.29 is 35.3 Å². The molecule has 0 radical (unpaired) electrons. The maximum Gasteiger partial charge on any atom is 0.300 e. The van der Waals surface area contributed by atoms with Crippen molar-refractivity contribution >= 4 is 55.3 Å². The highest BCUT2D eigenvalue weighted by Gasteiger charge is 2.33. The second-order valence-corrected chi connectivity index (χ2v) is 8.78. The molecule has 0 saturated heterocycles. The molecular weight excluding hydrogens is 606 g/mol. The van der Waals surface area contributed by atoms with Crippen LogP contribution in [0.15, 0.2) is 29.2 Å². The van der Waals surface area contributed by atoms with Gasteiger partial charge in [0.25, 0.3) is 0 Å². The predicted octanol–water partition coefficient (Wildman–Crippen LogP) is 4.98. The van der Waals surface area contributed by atoms with Crippen molar-refractivity contribution in [1.29, 1.82) is 0 Å². The standard InChI is InChI=1S/C15H10F4I2O4S/c16-10-12(18)15(26(22,23)24)13(19)11(17)14(10)25-6-7-1-3-8(4-2-7)9(21)5-20/h1-4,9H,5-6H2,(H,22,23,24). The maximum atomic E-state index is 13.9. The Morgan fingerprint density at radius 1 is 1.00 bits per heavy atom. The Morgan fingerprint density at radius 2 is 1.50 bits per heavy atom. The van der Waals surface area contributed by atoms with E-state index in [0.29, 0.717) is 5.56 Å². The van der Waals surface area contributed by atoms with Crippen molar-refractivity contribution in [3.8, 4) is 5.75 Å². The fourth-order valence-corrected chi connectivity index (χ4v) is 3.57. The first kappa shape index (κ1) is 21.6. The van der Waals surface area contributed by atoms with Gasteiger partial charge in [-0.05, 0) is 11.1 Å². The summed E-state index contributed by atoms with van der Waals surface area (Å²) in [5.74, 6) is -10.0. The van der Waals surface area contributed by atoms with Gasteiger partial charge in [0.05, 0.1) is 0 Å². The van der Waals surface area contributed by atoms with Crippen LogP contribution in [0, 0.1) is 23.3 Å². The smallest absolute Gasteiger partial charge is 0.300 e. The van der Waals surface area contributed by atoms with E-state index in [4.69, 9.17) is 9.29 Å². The molecule has 0 bridgehead atoms. The Bertz CT molecular complexity index is 891. The van der Waals surface area contributed by atoms with Crippen molar-refractivity contribution in [1.82, 2.24) is 0 Å². The summed E-state index contributed by atoms with van der Waals surface area (Å²) in [6.07, 6.45) is 0. The summed E-state index contributed by atoms with van der Waals surface area (Å²) in [6, 6.07) is 6.82. The van der Waals surface area contributed by atoms with Crippen LogP contribution in [-0.2, 0) is 16.7 Å². The van der Waals surface area contributed by atoms with Gasteiger partial charge in [-0.2, -0.15) is 17.2 Å². The van der Waals surface area contributed by atoms with E-state index in [2.05, 4.69) is 45.2 Å². The predicted molar refractivity (Wildman–Crippen MR) is 103 cm³/mol. The minimum Gasteiger partial charge on any atom is -0.483 e. The number of hydrogen-bond donors (Lipinski definition) is 1. The third-order valence-electron chi connectivity index (χ3n) is 3.30. The molecule has 2 aromatic carbocycles. The van der Waals surface area contributed by atoms with Crippen LogP contribution in [0.25, 0.3) is 0 Å². The molecule has 0 fully saturated rings. The van der Waals surface area contributed by atoms with Crippen molar-refractivity contribution in [2.75, 3.05) is 4.43 Å². The molecule has 26 heavy (non-hydrogen) atoms. The minimum absolute atomic E-state index is 0.272. The maximum absolute atomic E-state index is 13.9. The van der Waals surface area contributed by atoms with E-state index in [0.717, 1.165) is 9.99 Å². The molecule has 0 aliphatic heterocycles. The molecule has 0 aliphatic carbocycles. The molecule has 2 rings (SSSR count). The average molecular weight is 616 g/mol. The third kappa shape index (κ3) is 4.59. The van der Waals surface area contributed by atoms with Crippen LogP contribution in [-0.4, -0.2) is 17.4 Å². The SMILES string of the molecule is O=S(=O)(O)c1c(F)c(F)c(OCc2ccc(C(I)CI)cc2)c(F)c1F. The van der Waals surface area contributed by atoms with Gasteiger partial charge in [0.1, 0.15) is 6.61 Å². The lowest BCUT2D eigenvalue weighted by Crippen LogP contribution is -2.12. The van der Waals surface area contributed by atoms with E-state index in [9.17, 15) is 26.0 Å². The van der Waals surface area contributed by atoms with Gasteiger partial charge in [-0.25, -0.2) is 8.78 Å². The Labute approximate surface area is 174 Å². The molecule has 0 amide bonds. The number of ether oxygens (including phenoxy) is 1. The molecule has 0 aromatic heterocycles. The summed E-state index contributed by atoms with van der Waals surface area (Å²) >= 11 is 4.47. The zero-order valence-electron chi connectivity index (χ0n) is 12.6. The monoisotopic (exact) mass is 616 g/mol. The lowest BCUT2D eigenvalue weighted by molar-refractivity contribution is 0.257. The molecule has 4 nitrogen and oxygen atoms in total. The second-order valence-electron chi connectivity index (χ2n) is 5.04. The Kier molecular flexibility index (Phi) is 7.12. The van der Waals surface area contributed by atoms with E-state index < -0.39 is 50.6 Å². The van der Waals surface area contributed by atoms with Gasteiger partial charge in [-0.3, -0.25) is 4.55 Å². The second kappa shape index (κ2) is 8.56. The van der Waals surface area contributed by atoms with Gasteiger partial charge in [-0.1, -0.05) is 69.4 Å². The van der Waals surface area contributed by atoms with Crippen molar-refractivity contribution in [3.63, 3.8) is 0 Å². The van der Waals surface area contributed by atoms with Crippen LogP contribution in [0.3, 0.4) is 0 Å². The number of alkyl halides is 2. The Morgan fingerprint density at radius 3 is 1.92 bits per heavy atom. The summed E-state index contributed by atoms with van der Waals surface area (Å²) in [5, 5.41) is 0. The summed E-state index contributed by atoms with van der Waals surface area (Å²) < 4.78 is 91.6. The summed E-state index contributed by atoms with van der Waals surface area (Å²) in [4.78, 5) is -2.10. The van der Waals surface area contributed by atoms with Crippen molar-refractivity contribution in [2.24, 2.45) is 0 Å². The zero-order valence-corrected chi connectivity index (χ0v) is 17.8. The fraction of sp³-hybridized carbons (Fsp3) is 0.200. The normalized spacial score (nSPS) is 12.9. The first-order chi connectivity index (χ1) is 12.1. The van der Waals surface area contributed by atoms with Crippen LogP contribution >= 0.6 is 45.2 Å². The molecule has 0 aliphatic rings. The van der Waals surface area contributed by atoms with E-state index >= 15 is 0 Å². The zero-order chi connectivity index (χ0) is 19.6. The van der Waals surface area contributed by atoms with Crippen LogP contribution in [0.1, 0.15) is 15.1 Å². The van der Waals surface area contributed by atoms with Gasteiger partial charge >= 0.3 is 10.1 Å². The van der Waals surface area contributed by atoms with Crippen molar-refractivity contribution in [3.05, 3.63) is 58.7 Å². The Balaban J connectivity index is 2.31. The first-order valence-electron chi connectivity index (χ1n) is 6.83. The molecule has 2 aromatic rings. The van der Waals surface area contributed by atoms with E-state index in [1.807, 2.05) is 0 Å². The molecule has 0 heterocycles. The quantitative estimate of drug-likeness (QED) is 0.164. The largest absolute Gasteiger partial charge is 0.483 e. The number of halogens is 6. The van der Waals surface area contributed by atoms with Crippen LogP contribution < -0.4 is 4.74 Å². The fourth-order valence-electron chi connectivity index (χ4n) is 2.01. The molecule has 0 saturated carbocycles. The van der Waals surface area contributed by atoms with Crippen LogP contribution in [0.4, 0.5) is 17.6 Å². The molecule has 0 spiro atoms. The lowest BCUT2D eigenvalue weighted by atomic mass is 10.1. The van der Waals surface area contributed by atoms with E-state index in [-0.39, 0.29) is 3.92 Å². The first-order valence-corrected chi connectivity index (χ1v) is 11.0. The van der Waals surface area contributed by atoms with Gasteiger partial charge in [0.2, 0.25) is 11.6 Å². The highest BCUT2D eigenvalue weighted by atomic mass is 127. The van der Waals surface area contributed by atoms with Crippen LogP contribution in [0.5, 0.6) is 5.75 Å². The summed E-state index contributed by atoms with van der Waals surface area (Å²) in [6.45, 7) is -0.408. The van der Waals surface area contributed by atoms with Crippen molar-refractivity contribution in [2.45, 2.75) is 15.4 Å². The Hall–Kier alpha value is -0.670. The van der Waals surface area contributed by atoms with Gasteiger partial charge < -0.3 is 4.74 Å². The molecule has 142 valence electrons. The average Bonchev–Trinajstić information content (AvgIpc) is 2.59. The minimum atomic E-state index is -5.50. The van der Waals surface area contributed by atoms with Gasteiger partial charge in [0.15, 0.2) is 22.3 Å². The number of rotatable bonds is 6. The van der Waals surface area contributed by atoms with Crippen LogP contribution in [0.2, 0.25) is 0 Å². The number of hydrogen-bond acceptors (Lipinski definition) is 3. The molecule has 1 N–H and O–H groups in total. The van der Waals surface area contributed by atoms with Gasteiger partial charge in [0, 0.05) is 8.35 Å². The van der Waals surface area contributed by atoms with Gasteiger partial charge in [-0.15, -0.1) is 0 Å². The van der Waals surface area contributed by atoms with E-state index in [1.165, 1.54) is 0 Å². The third-order valence-corrected chi connectivity index (χ3v) is 7.90. The van der Waals surface area contributed by atoms with E-state index in [1.54, 1.807) is 24.3 Å². The molecule has 1 unspecified atom stereocenters. The molecule has 1 atom stereocenters. The molecule has 11 heteroatoms.